The van der Waals surface area contributed by atoms with Crippen LogP contribution in [0.25, 0.3) is 0 Å². The first-order valence-corrected chi connectivity index (χ1v) is 5.68. The molecule has 76 valence electrons. The molecule has 1 heterocycles. The smallest absolute Gasteiger partial charge is 0.254 e. The summed E-state index contributed by atoms with van der Waals surface area (Å²) in [6, 6.07) is -0.203. The van der Waals surface area contributed by atoms with E-state index in [1.165, 1.54) is 0 Å². The van der Waals surface area contributed by atoms with Crippen LogP contribution >= 0.6 is 0 Å². The molecular formula is C8H15NO3S. The Morgan fingerprint density at radius 2 is 2.23 bits per heavy atom. The number of hydrogen-bond donors (Lipinski definition) is 1. The maximum atomic E-state index is 11.2. The summed E-state index contributed by atoms with van der Waals surface area (Å²) in [6.07, 6.45) is 2.00. The molecule has 4 nitrogen and oxygen atoms in total. The lowest BCUT2D eigenvalue weighted by molar-refractivity contribution is 0.122. The van der Waals surface area contributed by atoms with Gasteiger partial charge >= 0.3 is 10.3 Å². The van der Waals surface area contributed by atoms with E-state index in [4.69, 9.17) is 4.18 Å². The highest BCUT2D eigenvalue weighted by atomic mass is 32.2. The average molecular weight is 205 g/mol. The van der Waals surface area contributed by atoms with Crippen molar-refractivity contribution >= 4 is 10.3 Å². The van der Waals surface area contributed by atoms with E-state index in [0.717, 1.165) is 0 Å². The van der Waals surface area contributed by atoms with Crippen molar-refractivity contribution in [2.75, 3.05) is 0 Å². The fraction of sp³-hybridized carbons (Fsp3) is 0.750. The van der Waals surface area contributed by atoms with Gasteiger partial charge in [0.2, 0.25) is 0 Å². The van der Waals surface area contributed by atoms with Crippen molar-refractivity contribution in [2.45, 2.75) is 32.4 Å². The van der Waals surface area contributed by atoms with Crippen molar-refractivity contribution in [3.05, 3.63) is 12.7 Å². The molecular weight excluding hydrogens is 190 g/mol. The normalized spacial score (nSPS) is 33.2. The Kier molecular flexibility index (Phi) is 3.10. The first-order chi connectivity index (χ1) is 5.94. The van der Waals surface area contributed by atoms with Gasteiger partial charge < -0.3 is 0 Å². The van der Waals surface area contributed by atoms with Gasteiger partial charge in [-0.25, -0.2) is 0 Å². The van der Waals surface area contributed by atoms with Crippen LogP contribution < -0.4 is 4.72 Å². The lowest BCUT2D eigenvalue weighted by Gasteiger charge is -2.30. The summed E-state index contributed by atoms with van der Waals surface area (Å²) in [5, 5.41) is 0. The Balaban J connectivity index is 2.77. The Labute approximate surface area is 79.2 Å². The number of nitrogens with one attached hydrogen (secondary N) is 1. The van der Waals surface area contributed by atoms with E-state index in [9.17, 15) is 8.42 Å². The lowest BCUT2D eigenvalue weighted by Crippen LogP contribution is -2.46. The Bertz CT molecular complexity index is 284. The molecule has 0 unspecified atom stereocenters. The van der Waals surface area contributed by atoms with E-state index in [1.54, 1.807) is 6.08 Å². The van der Waals surface area contributed by atoms with Crippen molar-refractivity contribution in [1.82, 2.24) is 4.72 Å². The zero-order valence-electron chi connectivity index (χ0n) is 7.86. The molecule has 0 radical (unpaired) electrons. The summed E-state index contributed by atoms with van der Waals surface area (Å²) in [7, 11) is -3.56. The molecule has 0 spiro atoms. The first-order valence-electron chi connectivity index (χ1n) is 4.27. The third-order valence-corrected chi connectivity index (χ3v) is 3.15. The predicted molar refractivity (Wildman–Crippen MR) is 50.4 cm³/mol. The minimum absolute atomic E-state index is 0.194. The predicted octanol–water partition coefficient (Wildman–Crippen LogP) is 0.820. The minimum atomic E-state index is -3.56. The zero-order valence-corrected chi connectivity index (χ0v) is 8.67. The van der Waals surface area contributed by atoms with E-state index in [2.05, 4.69) is 11.3 Å². The number of rotatable bonds is 2. The summed E-state index contributed by atoms with van der Waals surface area (Å²) < 4.78 is 29.5. The van der Waals surface area contributed by atoms with E-state index >= 15 is 0 Å². The van der Waals surface area contributed by atoms with Crippen molar-refractivity contribution in [1.29, 1.82) is 0 Å². The van der Waals surface area contributed by atoms with Gasteiger partial charge in [0.1, 0.15) is 0 Å². The van der Waals surface area contributed by atoms with Gasteiger partial charge in [-0.1, -0.05) is 19.9 Å². The summed E-state index contributed by atoms with van der Waals surface area (Å²) in [4.78, 5) is 0. The molecule has 1 saturated heterocycles. The Morgan fingerprint density at radius 1 is 1.62 bits per heavy atom. The first kappa shape index (κ1) is 10.7. The highest BCUT2D eigenvalue weighted by Crippen LogP contribution is 2.20. The molecule has 1 aliphatic heterocycles. The summed E-state index contributed by atoms with van der Waals surface area (Å²) in [6.45, 7) is 7.43. The molecule has 1 fully saturated rings. The molecule has 1 aliphatic rings. The third-order valence-electron chi connectivity index (χ3n) is 2.06. The van der Waals surface area contributed by atoms with E-state index in [1.807, 2.05) is 13.8 Å². The van der Waals surface area contributed by atoms with Crippen molar-refractivity contribution in [2.24, 2.45) is 5.92 Å². The molecule has 0 aromatic heterocycles. The maximum absolute atomic E-state index is 11.2. The van der Waals surface area contributed by atoms with Crippen LogP contribution in [0.3, 0.4) is 0 Å². The van der Waals surface area contributed by atoms with Crippen LogP contribution in [0.1, 0.15) is 20.3 Å². The molecule has 13 heavy (non-hydrogen) atoms. The molecule has 0 aromatic carbocycles. The van der Waals surface area contributed by atoms with E-state index in [0.29, 0.717) is 6.42 Å². The molecule has 1 N–H and O–H groups in total. The summed E-state index contributed by atoms with van der Waals surface area (Å²) >= 11 is 0. The largest absolute Gasteiger partial charge is 0.336 e. The van der Waals surface area contributed by atoms with Gasteiger partial charge in [0.05, 0.1) is 6.10 Å². The van der Waals surface area contributed by atoms with Crippen LogP contribution in [-0.4, -0.2) is 20.6 Å². The molecule has 0 aliphatic carbocycles. The molecule has 5 heteroatoms. The topological polar surface area (TPSA) is 55.4 Å². The maximum Gasteiger partial charge on any atom is 0.336 e. The van der Waals surface area contributed by atoms with Gasteiger partial charge in [0.15, 0.2) is 0 Å². The minimum Gasteiger partial charge on any atom is -0.254 e. The van der Waals surface area contributed by atoms with Crippen molar-refractivity contribution in [3.8, 4) is 0 Å². The molecule has 1 rings (SSSR count). The van der Waals surface area contributed by atoms with Crippen LogP contribution in [0, 0.1) is 5.92 Å². The zero-order chi connectivity index (χ0) is 10.1. The van der Waals surface area contributed by atoms with Crippen LogP contribution in [-0.2, 0) is 14.5 Å². The Morgan fingerprint density at radius 3 is 2.69 bits per heavy atom. The monoisotopic (exact) mass is 205 g/mol. The number of hydrogen-bond acceptors (Lipinski definition) is 3. The van der Waals surface area contributed by atoms with Crippen LogP contribution in [0.15, 0.2) is 12.7 Å². The second kappa shape index (κ2) is 3.77. The Hall–Kier alpha value is -0.390. The second-order valence-electron chi connectivity index (χ2n) is 3.53. The third kappa shape index (κ3) is 2.79. The molecule has 0 amide bonds. The standard InChI is InChI=1S/C8H15NO3S/c1-4-7-5-8(6(2)3)12-13(10,11)9-7/h4,6-9H,1,5H2,2-3H3/t7-,8-/m1/s1. The SMILES string of the molecule is C=C[C@@H]1C[C@H](C(C)C)OS(=O)(=O)N1. The second-order valence-corrected chi connectivity index (χ2v) is 4.86. The van der Waals surface area contributed by atoms with Gasteiger partial charge in [0, 0.05) is 6.04 Å². The summed E-state index contributed by atoms with van der Waals surface area (Å²) in [5.41, 5.74) is 0. The molecule has 0 aromatic rings. The van der Waals surface area contributed by atoms with Gasteiger partial charge in [0.25, 0.3) is 0 Å². The van der Waals surface area contributed by atoms with Gasteiger partial charge in [-0.05, 0) is 12.3 Å². The summed E-state index contributed by atoms with van der Waals surface area (Å²) in [5.74, 6) is 0.194. The van der Waals surface area contributed by atoms with Crippen LogP contribution in [0.2, 0.25) is 0 Å². The van der Waals surface area contributed by atoms with E-state index in [-0.39, 0.29) is 18.1 Å². The van der Waals surface area contributed by atoms with Crippen LogP contribution in [0.4, 0.5) is 0 Å². The molecule has 2 atom stereocenters. The highest BCUT2D eigenvalue weighted by molar-refractivity contribution is 7.84. The van der Waals surface area contributed by atoms with Gasteiger partial charge in [-0.15, -0.1) is 6.58 Å². The van der Waals surface area contributed by atoms with Gasteiger partial charge in [-0.3, -0.25) is 4.18 Å². The van der Waals surface area contributed by atoms with Crippen molar-refractivity contribution in [3.63, 3.8) is 0 Å². The van der Waals surface area contributed by atoms with Crippen molar-refractivity contribution < 1.29 is 12.6 Å². The van der Waals surface area contributed by atoms with Gasteiger partial charge in [-0.2, -0.15) is 13.1 Å². The highest BCUT2D eigenvalue weighted by Gasteiger charge is 2.31. The van der Waals surface area contributed by atoms with E-state index < -0.39 is 10.3 Å². The molecule has 0 bridgehead atoms. The average Bonchev–Trinajstić information content (AvgIpc) is 2.01. The van der Waals surface area contributed by atoms with Crippen LogP contribution in [0.5, 0.6) is 0 Å². The lowest BCUT2D eigenvalue weighted by atomic mass is 10.0. The quantitative estimate of drug-likeness (QED) is 0.679. The molecule has 0 saturated carbocycles. The fourth-order valence-corrected chi connectivity index (χ4v) is 2.49. The fourth-order valence-electron chi connectivity index (χ4n) is 1.24.